The summed E-state index contributed by atoms with van der Waals surface area (Å²) < 4.78 is 0. The lowest BCUT2D eigenvalue weighted by Crippen LogP contribution is -2.61. The Kier molecular flexibility index (Phi) is 15.4. The predicted octanol–water partition coefficient (Wildman–Crippen LogP) is 0.976. The SMILES string of the molecule is CCC(C)C1NC(=O)C2CCCN2C(=O)C(CO)NC(=O)C(Cc2ccccc2)NC(=O)C(C(C)CC)NC(=O)C2CCCN2C(=O)C(Cc2ccccc2)NC1=O. The Morgan fingerprint density at radius 3 is 1.38 bits per heavy atom. The molecule has 0 spiro atoms. The second kappa shape index (κ2) is 20.4. The lowest BCUT2D eigenvalue weighted by Gasteiger charge is -2.33. The van der Waals surface area contributed by atoms with Gasteiger partial charge in [-0.2, -0.15) is 0 Å². The molecule has 3 heterocycles. The summed E-state index contributed by atoms with van der Waals surface area (Å²) in [6.07, 6.45) is 2.75. The molecule has 314 valence electrons. The molecular weight excluding hydrogens is 743 g/mol. The molecule has 7 amide bonds. The van der Waals surface area contributed by atoms with E-state index >= 15 is 0 Å². The molecule has 2 aromatic rings. The molecule has 0 saturated carbocycles. The van der Waals surface area contributed by atoms with Crippen molar-refractivity contribution < 1.29 is 38.7 Å². The molecule has 15 nitrogen and oxygen atoms in total. The van der Waals surface area contributed by atoms with Gasteiger partial charge < -0.3 is 41.5 Å². The van der Waals surface area contributed by atoms with Crippen LogP contribution in [0.2, 0.25) is 0 Å². The van der Waals surface area contributed by atoms with E-state index in [-0.39, 0.29) is 44.2 Å². The Balaban J connectivity index is 1.55. The molecule has 3 fully saturated rings. The van der Waals surface area contributed by atoms with E-state index in [4.69, 9.17) is 0 Å². The van der Waals surface area contributed by atoms with Gasteiger partial charge in [0, 0.05) is 25.9 Å². The second-order valence-corrected chi connectivity index (χ2v) is 15.9. The van der Waals surface area contributed by atoms with E-state index in [2.05, 4.69) is 26.6 Å². The van der Waals surface area contributed by atoms with Crippen LogP contribution in [0.1, 0.15) is 77.3 Å². The van der Waals surface area contributed by atoms with E-state index in [9.17, 15) is 38.7 Å². The molecule has 15 heteroatoms. The number of rotatable bonds is 9. The summed E-state index contributed by atoms with van der Waals surface area (Å²) in [5.74, 6) is -4.99. The highest BCUT2D eigenvalue weighted by Crippen LogP contribution is 2.23. The number of hydrogen-bond donors (Lipinski definition) is 6. The molecular formula is C43H59N7O8. The zero-order valence-electron chi connectivity index (χ0n) is 33.9. The zero-order valence-corrected chi connectivity index (χ0v) is 33.9. The summed E-state index contributed by atoms with van der Waals surface area (Å²) in [6.45, 7) is 7.01. The first-order chi connectivity index (χ1) is 27.9. The highest BCUT2D eigenvalue weighted by Gasteiger charge is 2.43. The first kappa shape index (κ1) is 43.8. The van der Waals surface area contributed by atoms with Crippen molar-refractivity contribution in [2.24, 2.45) is 11.8 Å². The highest BCUT2D eigenvalue weighted by molar-refractivity contribution is 5.99. The molecule has 0 radical (unpaired) electrons. The average Bonchev–Trinajstić information content (AvgIpc) is 3.94. The number of carbonyl (C=O) groups excluding carboxylic acids is 7. The summed E-state index contributed by atoms with van der Waals surface area (Å²) in [6, 6.07) is 10.3. The molecule has 2 aromatic carbocycles. The third-order valence-electron chi connectivity index (χ3n) is 11.9. The largest absolute Gasteiger partial charge is 0.394 e. The van der Waals surface area contributed by atoms with E-state index in [0.29, 0.717) is 37.7 Å². The van der Waals surface area contributed by atoms with E-state index in [1.54, 1.807) is 31.2 Å². The van der Waals surface area contributed by atoms with Crippen LogP contribution in [0, 0.1) is 11.8 Å². The number of nitrogens with one attached hydrogen (secondary N) is 5. The maximum Gasteiger partial charge on any atom is 0.248 e. The van der Waals surface area contributed by atoms with Crippen molar-refractivity contribution in [3.63, 3.8) is 0 Å². The maximum atomic E-state index is 14.5. The van der Waals surface area contributed by atoms with Gasteiger partial charge in [-0.25, -0.2) is 0 Å². The van der Waals surface area contributed by atoms with Crippen LogP contribution in [0.4, 0.5) is 0 Å². The Bertz CT molecular complexity index is 1780. The van der Waals surface area contributed by atoms with Gasteiger partial charge in [0.15, 0.2) is 0 Å². The number of hydrogen-bond acceptors (Lipinski definition) is 8. The normalized spacial score (nSPS) is 27.9. The molecule has 58 heavy (non-hydrogen) atoms. The van der Waals surface area contributed by atoms with Gasteiger partial charge >= 0.3 is 0 Å². The number of aliphatic hydroxyl groups is 1. The van der Waals surface area contributed by atoms with E-state index in [1.807, 2.05) is 57.2 Å². The Morgan fingerprint density at radius 1 is 0.552 bits per heavy atom. The van der Waals surface area contributed by atoms with Crippen molar-refractivity contribution in [3.8, 4) is 0 Å². The molecule has 9 atom stereocenters. The zero-order chi connectivity index (χ0) is 41.9. The summed E-state index contributed by atoms with van der Waals surface area (Å²) in [7, 11) is 0. The number of carbonyl (C=O) groups is 7. The van der Waals surface area contributed by atoms with Crippen molar-refractivity contribution in [1.29, 1.82) is 0 Å². The topological polar surface area (TPSA) is 206 Å². The predicted molar refractivity (Wildman–Crippen MR) is 215 cm³/mol. The monoisotopic (exact) mass is 801 g/mol. The third kappa shape index (κ3) is 10.6. The average molecular weight is 802 g/mol. The van der Waals surface area contributed by atoms with Crippen LogP contribution in [-0.4, -0.2) is 118 Å². The van der Waals surface area contributed by atoms with Crippen LogP contribution in [0.5, 0.6) is 0 Å². The van der Waals surface area contributed by atoms with Crippen LogP contribution in [0.3, 0.4) is 0 Å². The first-order valence-corrected chi connectivity index (χ1v) is 20.7. The molecule has 0 bridgehead atoms. The minimum absolute atomic E-state index is 0.0341. The van der Waals surface area contributed by atoms with Crippen molar-refractivity contribution in [2.75, 3.05) is 19.7 Å². The Morgan fingerprint density at radius 2 is 0.948 bits per heavy atom. The van der Waals surface area contributed by atoms with Crippen molar-refractivity contribution in [1.82, 2.24) is 36.4 Å². The number of aliphatic hydroxyl groups excluding tert-OH is 1. The molecule has 6 N–H and O–H groups in total. The minimum Gasteiger partial charge on any atom is -0.394 e. The van der Waals surface area contributed by atoms with Crippen molar-refractivity contribution >= 4 is 41.4 Å². The molecule has 0 aromatic heterocycles. The van der Waals surface area contributed by atoms with Crippen LogP contribution >= 0.6 is 0 Å². The quantitative estimate of drug-likeness (QED) is 0.215. The third-order valence-corrected chi connectivity index (χ3v) is 11.9. The van der Waals surface area contributed by atoms with Gasteiger partial charge in [0.05, 0.1) is 6.61 Å². The van der Waals surface area contributed by atoms with Crippen LogP contribution in [0.25, 0.3) is 0 Å². The number of benzene rings is 2. The van der Waals surface area contributed by atoms with Gasteiger partial charge in [0.1, 0.15) is 42.3 Å². The molecule has 3 aliphatic heterocycles. The van der Waals surface area contributed by atoms with Gasteiger partial charge in [-0.3, -0.25) is 33.6 Å². The molecule has 5 rings (SSSR count). The van der Waals surface area contributed by atoms with Crippen LogP contribution in [0.15, 0.2) is 60.7 Å². The Hall–Kier alpha value is -5.31. The van der Waals surface area contributed by atoms with Crippen molar-refractivity contribution in [3.05, 3.63) is 71.8 Å². The van der Waals surface area contributed by atoms with E-state index < -0.39 is 90.3 Å². The summed E-state index contributed by atoms with van der Waals surface area (Å²) >= 11 is 0. The number of fused-ring (bicyclic) bond motifs is 2. The lowest BCUT2D eigenvalue weighted by atomic mass is 9.96. The first-order valence-electron chi connectivity index (χ1n) is 20.7. The van der Waals surface area contributed by atoms with Gasteiger partial charge in [0.25, 0.3) is 0 Å². The summed E-state index contributed by atoms with van der Waals surface area (Å²) in [4.78, 5) is 102. The minimum atomic E-state index is -1.44. The van der Waals surface area contributed by atoms with Gasteiger partial charge in [0.2, 0.25) is 41.4 Å². The summed E-state index contributed by atoms with van der Waals surface area (Å²) in [5.41, 5.74) is 1.49. The molecule has 0 aliphatic carbocycles. The van der Waals surface area contributed by atoms with E-state index in [0.717, 1.165) is 5.56 Å². The fraction of sp³-hybridized carbons (Fsp3) is 0.558. The van der Waals surface area contributed by atoms with E-state index in [1.165, 1.54) is 9.80 Å². The molecule has 3 aliphatic rings. The number of nitrogens with zero attached hydrogens (tertiary/aromatic N) is 2. The van der Waals surface area contributed by atoms with Gasteiger partial charge in [-0.05, 0) is 48.6 Å². The van der Waals surface area contributed by atoms with Crippen LogP contribution in [-0.2, 0) is 46.4 Å². The number of amides is 7. The Labute approximate surface area is 340 Å². The summed E-state index contributed by atoms with van der Waals surface area (Å²) in [5, 5.41) is 24.5. The smallest absolute Gasteiger partial charge is 0.248 e. The van der Waals surface area contributed by atoms with Gasteiger partial charge in [-0.15, -0.1) is 0 Å². The fourth-order valence-electron chi connectivity index (χ4n) is 8.00. The second-order valence-electron chi connectivity index (χ2n) is 15.9. The fourth-order valence-corrected chi connectivity index (χ4v) is 8.00. The molecule has 9 unspecified atom stereocenters. The standard InChI is InChI=1S/C43H59N7O8/c1-5-26(3)35-40(55)44-30(23-28-15-9-7-10-16-28)37(52)46-32(25-51)43(58)50-22-14-20-34(50)39(54)48-36(27(4)6-2)41(56)45-31(24-29-17-11-8-12-18-29)42(57)49-21-13-19-33(49)38(53)47-35/h7-12,15-18,26-27,30-36,51H,5-6,13-14,19-25H2,1-4H3,(H,44,55)(H,45,56)(H,46,52)(H,47,53)(H,48,54). The highest BCUT2D eigenvalue weighted by atomic mass is 16.3. The van der Waals surface area contributed by atoms with Crippen molar-refractivity contribution in [2.45, 2.75) is 121 Å². The van der Waals surface area contributed by atoms with Crippen LogP contribution < -0.4 is 26.6 Å². The maximum absolute atomic E-state index is 14.5. The van der Waals surface area contributed by atoms with Gasteiger partial charge in [-0.1, -0.05) is 101 Å². The molecule has 3 saturated heterocycles. The lowest BCUT2D eigenvalue weighted by molar-refractivity contribution is -0.144.